The van der Waals surface area contributed by atoms with Crippen molar-refractivity contribution < 1.29 is 17.6 Å². The van der Waals surface area contributed by atoms with E-state index in [4.69, 9.17) is 4.42 Å². The molecule has 8 nitrogen and oxygen atoms in total. The highest BCUT2D eigenvalue weighted by Crippen LogP contribution is 2.24. The molecule has 26 heavy (non-hydrogen) atoms. The first kappa shape index (κ1) is 20.4. The van der Waals surface area contributed by atoms with Gasteiger partial charge in [0.15, 0.2) is 5.76 Å². The zero-order chi connectivity index (χ0) is 17.9. The summed E-state index contributed by atoms with van der Waals surface area (Å²) in [7, 11) is -3.32. The second kappa shape index (κ2) is 8.63. The Morgan fingerprint density at radius 3 is 2.92 bits per heavy atom. The standard InChI is InChI=1S/C16H20N4O4S.ClH/c1-25(22,23)19-10-13-4-5-15(24-13)16(21)20-8-7-18-11-14(20)12-3-2-6-17-9-12;/h2-6,9,14,18-19H,7-8,10-11H2,1H3;1H. The van der Waals surface area contributed by atoms with Gasteiger partial charge in [-0.1, -0.05) is 6.07 Å². The molecular formula is C16H21ClN4O4S. The molecule has 2 aromatic rings. The van der Waals surface area contributed by atoms with Gasteiger partial charge >= 0.3 is 0 Å². The average Bonchev–Trinajstić information content (AvgIpc) is 3.09. The van der Waals surface area contributed by atoms with Crippen molar-refractivity contribution in [3.05, 3.63) is 53.7 Å². The van der Waals surface area contributed by atoms with Crippen LogP contribution >= 0.6 is 12.4 Å². The third-order valence-electron chi connectivity index (χ3n) is 3.95. The number of halogens is 1. The molecule has 0 spiro atoms. The Hall–Kier alpha value is -1.94. The van der Waals surface area contributed by atoms with Crippen LogP contribution < -0.4 is 10.0 Å². The monoisotopic (exact) mass is 400 g/mol. The maximum absolute atomic E-state index is 12.8. The van der Waals surface area contributed by atoms with Gasteiger partial charge in [-0.3, -0.25) is 9.78 Å². The molecule has 0 aliphatic carbocycles. The van der Waals surface area contributed by atoms with E-state index >= 15 is 0 Å². The predicted octanol–water partition coefficient (Wildman–Crippen LogP) is 0.932. The van der Waals surface area contributed by atoms with Crippen molar-refractivity contribution in [2.24, 2.45) is 0 Å². The van der Waals surface area contributed by atoms with Gasteiger partial charge in [-0.25, -0.2) is 13.1 Å². The topological polar surface area (TPSA) is 105 Å². The molecule has 1 amide bonds. The van der Waals surface area contributed by atoms with Gasteiger partial charge in [0, 0.05) is 32.0 Å². The molecule has 1 unspecified atom stereocenters. The van der Waals surface area contributed by atoms with Crippen LogP contribution in [0.2, 0.25) is 0 Å². The smallest absolute Gasteiger partial charge is 0.290 e. The lowest BCUT2D eigenvalue weighted by Gasteiger charge is -2.35. The van der Waals surface area contributed by atoms with Crippen molar-refractivity contribution in [2.75, 3.05) is 25.9 Å². The summed E-state index contributed by atoms with van der Waals surface area (Å²) >= 11 is 0. The van der Waals surface area contributed by atoms with Crippen molar-refractivity contribution in [3.8, 4) is 0 Å². The van der Waals surface area contributed by atoms with Gasteiger partial charge in [-0.2, -0.15) is 0 Å². The summed E-state index contributed by atoms with van der Waals surface area (Å²) in [4.78, 5) is 18.7. The molecule has 10 heteroatoms. The second-order valence-corrected chi connectivity index (χ2v) is 7.70. The Morgan fingerprint density at radius 1 is 1.42 bits per heavy atom. The van der Waals surface area contributed by atoms with Crippen molar-refractivity contribution in [2.45, 2.75) is 12.6 Å². The van der Waals surface area contributed by atoms with Crippen LogP contribution in [0.25, 0.3) is 0 Å². The molecule has 142 valence electrons. The minimum Gasteiger partial charge on any atom is -0.455 e. The Morgan fingerprint density at radius 2 is 2.23 bits per heavy atom. The number of nitrogens with one attached hydrogen (secondary N) is 2. The van der Waals surface area contributed by atoms with Gasteiger partial charge in [0.1, 0.15) is 5.76 Å². The number of rotatable bonds is 5. The van der Waals surface area contributed by atoms with Crippen LogP contribution in [0.4, 0.5) is 0 Å². The molecule has 1 aliphatic rings. The maximum Gasteiger partial charge on any atom is 0.290 e. The van der Waals surface area contributed by atoms with Crippen LogP contribution in [0.1, 0.15) is 27.9 Å². The number of furan rings is 1. The highest BCUT2D eigenvalue weighted by Gasteiger charge is 2.30. The molecule has 1 fully saturated rings. The summed E-state index contributed by atoms with van der Waals surface area (Å²) in [6.07, 6.45) is 4.52. The van der Waals surface area contributed by atoms with Crippen LogP contribution in [0.3, 0.4) is 0 Å². The number of nitrogens with zero attached hydrogens (tertiary/aromatic N) is 2. The fourth-order valence-electron chi connectivity index (χ4n) is 2.75. The zero-order valence-electron chi connectivity index (χ0n) is 14.2. The first-order valence-electron chi connectivity index (χ1n) is 7.89. The molecule has 2 aromatic heterocycles. The number of hydrogen-bond acceptors (Lipinski definition) is 6. The molecule has 1 aliphatic heterocycles. The number of carbonyl (C=O) groups is 1. The van der Waals surface area contributed by atoms with Gasteiger partial charge < -0.3 is 14.6 Å². The Balaban J connectivity index is 0.00000243. The van der Waals surface area contributed by atoms with Crippen molar-refractivity contribution in [3.63, 3.8) is 0 Å². The molecule has 1 atom stereocenters. The quantitative estimate of drug-likeness (QED) is 0.773. The summed E-state index contributed by atoms with van der Waals surface area (Å²) in [6, 6.07) is 6.83. The number of hydrogen-bond donors (Lipinski definition) is 2. The summed E-state index contributed by atoms with van der Waals surface area (Å²) in [6.45, 7) is 1.90. The zero-order valence-corrected chi connectivity index (χ0v) is 15.8. The predicted molar refractivity (Wildman–Crippen MR) is 98.5 cm³/mol. The van der Waals surface area contributed by atoms with E-state index in [0.29, 0.717) is 25.4 Å². The van der Waals surface area contributed by atoms with E-state index in [9.17, 15) is 13.2 Å². The van der Waals surface area contributed by atoms with Crippen LogP contribution in [-0.4, -0.2) is 50.1 Å². The minimum atomic E-state index is -3.32. The van der Waals surface area contributed by atoms with E-state index < -0.39 is 10.0 Å². The lowest BCUT2D eigenvalue weighted by atomic mass is 10.1. The van der Waals surface area contributed by atoms with Crippen LogP contribution in [0.15, 0.2) is 41.1 Å². The SMILES string of the molecule is CS(=O)(=O)NCc1ccc(C(=O)N2CCNCC2c2cccnc2)o1.Cl. The first-order valence-corrected chi connectivity index (χ1v) is 9.78. The molecule has 3 heterocycles. The van der Waals surface area contributed by atoms with Crippen molar-refractivity contribution in [1.29, 1.82) is 0 Å². The minimum absolute atomic E-state index is 0. The number of carbonyl (C=O) groups excluding carboxylic acids is 1. The maximum atomic E-state index is 12.8. The van der Waals surface area contributed by atoms with Gasteiger partial charge in [0.05, 0.1) is 18.8 Å². The normalized spacial score (nSPS) is 17.6. The van der Waals surface area contributed by atoms with Crippen LogP contribution in [0, 0.1) is 0 Å². The Kier molecular flexibility index (Phi) is 6.76. The van der Waals surface area contributed by atoms with E-state index in [0.717, 1.165) is 11.8 Å². The largest absolute Gasteiger partial charge is 0.455 e. The van der Waals surface area contributed by atoms with E-state index in [1.54, 1.807) is 29.4 Å². The molecule has 3 rings (SSSR count). The Labute approximate surface area is 158 Å². The summed E-state index contributed by atoms with van der Waals surface area (Å²) < 4.78 is 30.2. The van der Waals surface area contributed by atoms with Crippen molar-refractivity contribution in [1.82, 2.24) is 19.9 Å². The van der Waals surface area contributed by atoms with E-state index in [1.165, 1.54) is 0 Å². The van der Waals surface area contributed by atoms with Crippen LogP contribution in [-0.2, 0) is 16.6 Å². The fourth-order valence-corrected chi connectivity index (χ4v) is 3.15. The molecule has 0 bridgehead atoms. The highest BCUT2D eigenvalue weighted by molar-refractivity contribution is 7.88. The van der Waals surface area contributed by atoms with E-state index in [-0.39, 0.29) is 36.7 Å². The summed E-state index contributed by atoms with van der Waals surface area (Å²) in [5, 5.41) is 3.28. The first-order chi connectivity index (χ1) is 11.9. The molecule has 1 saturated heterocycles. The second-order valence-electron chi connectivity index (χ2n) is 5.86. The number of pyridine rings is 1. The van der Waals surface area contributed by atoms with E-state index in [2.05, 4.69) is 15.0 Å². The average molecular weight is 401 g/mol. The number of amides is 1. The molecule has 0 saturated carbocycles. The molecule has 0 aromatic carbocycles. The van der Waals surface area contributed by atoms with E-state index in [1.807, 2.05) is 12.1 Å². The number of aromatic nitrogens is 1. The molecule has 2 N–H and O–H groups in total. The summed E-state index contributed by atoms with van der Waals surface area (Å²) in [5.74, 6) is 0.365. The van der Waals surface area contributed by atoms with Crippen LogP contribution in [0.5, 0.6) is 0 Å². The Bertz CT molecular complexity index is 841. The third-order valence-corrected chi connectivity index (χ3v) is 4.62. The van der Waals surface area contributed by atoms with Gasteiger partial charge in [-0.15, -0.1) is 12.4 Å². The number of sulfonamides is 1. The molecular weight excluding hydrogens is 380 g/mol. The lowest BCUT2D eigenvalue weighted by molar-refractivity contribution is 0.0599. The highest BCUT2D eigenvalue weighted by atomic mass is 35.5. The van der Waals surface area contributed by atoms with Gasteiger partial charge in [0.25, 0.3) is 5.91 Å². The lowest BCUT2D eigenvalue weighted by Crippen LogP contribution is -2.48. The summed E-state index contributed by atoms with van der Waals surface area (Å²) in [5.41, 5.74) is 0.952. The third kappa shape index (κ3) is 5.04. The number of piperazine rings is 1. The van der Waals surface area contributed by atoms with Crippen molar-refractivity contribution >= 4 is 28.3 Å². The fraction of sp³-hybridized carbons (Fsp3) is 0.375. The van der Waals surface area contributed by atoms with Gasteiger partial charge in [-0.05, 0) is 23.8 Å². The van der Waals surface area contributed by atoms with Gasteiger partial charge in [0.2, 0.25) is 10.0 Å². The molecule has 0 radical (unpaired) electrons.